The molecule has 0 amide bonds. The van der Waals surface area contributed by atoms with Gasteiger partial charge < -0.3 is 28.4 Å². The molecule has 5 rings (SSSR count). The Balaban J connectivity index is 2.37. The summed E-state index contributed by atoms with van der Waals surface area (Å²) < 4.78 is 34.1. The Bertz CT molecular complexity index is 1710. The molecule has 8 heteroatoms. The molecule has 0 fully saturated rings. The second-order valence-corrected chi connectivity index (χ2v) is 7.67. The monoisotopic (exact) mass is 462 g/mol. The molecule has 34 heavy (non-hydrogen) atoms. The van der Waals surface area contributed by atoms with Crippen molar-refractivity contribution in [2.45, 2.75) is 0 Å². The minimum atomic E-state index is -0.424. The molecule has 0 aliphatic carbocycles. The molecular weight excluding hydrogens is 440 g/mol. The number of benzene rings is 5. The van der Waals surface area contributed by atoms with Crippen LogP contribution in [-0.4, -0.2) is 42.7 Å². The van der Waals surface area contributed by atoms with E-state index in [0.29, 0.717) is 49.2 Å². The highest BCUT2D eigenvalue weighted by atomic mass is 16.5. The van der Waals surface area contributed by atoms with E-state index in [9.17, 15) is 9.59 Å². The van der Waals surface area contributed by atoms with Crippen molar-refractivity contribution < 1.29 is 28.4 Å². The summed E-state index contributed by atoms with van der Waals surface area (Å²) in [6.45, 7) is 0. The maximum Gasteiger partial charge on any atom is 0.236 e. The maximum atomic E-state index is 13.7. The molecule has 0 aliphatic heterocycles. The van der Waals surface area contributed by atoms with Crippen LogP contribution in [0.5, 0.6) is 34.5 Å². The van der Waals surface area contributed by atoms with Crippen LogP contribution in [0.3, 0.4) is 0 Å². The summed E-state index contributed by atoms with van der Waals surface area (Å²) >= 11 is 0. The molecule has 0 aromatic heterocycles. The molecule has 5 aromatic carbocycles. The number of rotatable bonds is 6. The van der Waals surface area contributed by atoms with Gasteiger partial charge in [-0.15, -0.1) is 0 Å². The van der Waals surface area contributed by atoms with Gasteiger partial charge in [0.25, 0.3) is 0 Å². The van der Waals surface area contributed by atoms with Crippen molar-refractivity contribution in [1.82, 2.24) is 0 Å². The van der Waals surface area contributed by atoms with Crippen molar-refractivity contribution in [2.24, 2.45) is 0 Å². The summed E-state index contributed by atoms with van der Waals surface area (Å²) in [6.07, 6.45) is 0. The summed E-state index contributed by atoms with van der Waals surface area (Å²) in [4.78, 5) is 26.6. The zero-order valence-corrected chi connectivity index (χ0v) is 19.6. The lowest BCUT2D eigenvalue weighted by atomic mass is 9.87. The van der Waals surface area contributed by atoms with Crippen molar-refractivity contribution in [2.75, 3.05) is 42.7 Å². The van der Waals surface area contributed by atoms with E-state index in [1.165, 1.54) is 41.6 Å². The highest BCUT2D eigenvalue weighted by Crippen LogP contribution is 2.56. The molecule has 174 valence electrons. The smallest absolute Gasteiger partial charge is 0.236 e. The summed E-state index contributed by atoms with van der Waals surface area (Å²) in [7, 11) is 8.85. The van der Waals surface area contributed by atoms with Crippen molar-refractivity contribution in [1.29, 1.82) is 0 Å². The first-order valence-corrected chi connectivity index (χ1v) is 10.4. The normalized spacial score (nSPS) is 11.5. The third kappa shape index (κ3) is 2.48. The van der Waals surface area contributed by atoms with Crippen LogP contribution in [-0.2, 0) is 0 Å². The Morgan fingerprint density at radius 2 is 1.00 bits per heavy atom. The van der Waals surface area contributed by atoms with E-state index >= 15 is 0 Å². The van der Waals surface area contributed by atoms with Gasteiger partial charge in [0.15, 0.2) is 22.7 Å². The van der Waals surface area contributed by atoms with E-state index in [0.717, 1.165) is 0 Å². The van der Waals surface area contributed by atoms with Crippen LogP contribution in [0.15, 0.2) is 33.9 Å². The number of hydrogen-bond donors (Lipinski definition) is 0. The van der Waals surface area contributed by atoms with E-state index in [4.69, 9.17) is 28.4 Å². The largest absolute Gasteiger partial charge is 0.496 e. The quantitative estimate of drug-likeness (QED) is 0.277. The second-order valence-electron chi connectivity index (χ2n) is 7.67. The molecule has 8 nitrogen and oxygen atoms in total. The fourth-order valence-electron chi connectivity index (χ4n) is 5.07. The van der Waals surface area contributed by atoms with Crippen molar-refractivity contribution >= 4 is 43.1 Å². The zero-order chi connectivity index (χ0) is 24.3. The molecule has 5 aromatic rings. The predicted octanol–water partition coefficient (Wildman–Crippen LogP) is 3.95. The molecule has 0 spiro atoms. The molecule has 0 saturated heterocycles. The minimum absolute atomic E-state index is 0.0205. The topological polar surface area (TPSA) is 89.5 Å². The predicted molar refractivity (Wildman–Crippen MR) is 131 cm³/mol. The van der Waals surface area contributed by atoms with Gasteiger partial charge in [-0.3, -0.25) is 9.59 Å². The maximum absolute atomic E-state index is 13.7. The Hall–Kier alpha value is -4.20. The molecule has 0 unspecified atom stereocenters. The second kappa shape index (κ2) is 7.69. The highest BCUT2D eigenvalue weighted by molar-refractivity contribution is 6.38. The number of methoxy groups -OCH3 is 6. The van der Waals surface area contributed by atoms with E-state index < -0.39 is 5.43 Å². The van der Waals surface area contributed by atoms with Gasteiger partial charge in [-0.05, 0) is 29.7 Å². The van der Waals surface area contributed by atoms with E-state index in [-0.39, 0.29) is 33.8 Å². The SMILES string of the molecule is COc1c(OC)c2c(=O)c(OC)c(OC)c3c4ccc(=O)c5ccc(OC)c(c(c1OC)c23)c54. The summed E-state index contributed by atoms with van der Waals surface area (Å²) in [5, 5.41) is 4.40. The van der Waals surface area contributed by atoms with Gasteiger partial charge in [0.1, 0.15) is 5.75 Å². The molecule has 0 saturated carbocycles. The zero-order valence-electron chi connectivity index (χ0n) is 19.6. The molecule has 0 radical (unpaired) electrons. The van der Waals surface area contributed by atoms with Gasteiger partial charge in [0.2, 0.25) is 16.9 Å². The molecule has 0 atom stereocenters. The van der Waals surface area contributed by atoms with Crippen LogP contribution in [0, 0.1) is 0 Å². The average Bonchev–Trinajstić information content (AvgIpc) is 2.86. The first kappa shape index (κ1) is 21.6. The van der Waals surface area contributed by atoms with Crippen LogP contribution in [0.25, 0.3) is 43.1 Å². The van der Waals surface area contributed by atoms with Gasteiger partial charge in [-0.2, -0.15) is 0 Å². The van der Waals surface area contributed by atoms with Crippen LogP contribution in [0.4, 0.5) is 0 Å². The van der Waals surface area contributed by atoms with Crippen molar-refractivity contribution in [3.63, 3.8) is 0 Å². The van der Waals surface area contributed by atoms with Crippen LogP contribution in [0.2, 0.25) is 0 Å². The molecule has 0 bridgehead atoms. The van der Waals surface area contributed by atoms with Crippen molar-refractivity contribution in [3.05, 3.63) is 44.7 Å². The Labute approximate surface area is 193 Å². The summed E-state index contributed by atoms with van der Waals surface area (Å²) in [5.74, 6) is 1.58. The number of ether oxygens (including phenoxy) is 6. The Morgan fingerprint density at radius 1 is 0.441 bits per heavy atom. The number of hydrogen-bond acceptors (Lipinski definition) is 8. The molecule has 0 heterocycles. The van der Waals surface area contributed by atoms with Gasteiger partial charge in [0, 0.05) is 32.3 Å². The van der Waals surface area contributed by atoms with Gasteiger partial charge in [-0.25, -0.2) is 0 Å². The lowest BCUT2D eigenvalue weighted by Gasteiger charge is -2.23. The van der Waals surface area contributed by atoms with E-state index in [1.54, 1.807) is 25.3 Å². The Morgan fingerprint density at radius 3 is 1.59 bits per heavy atom. The molecular formula is C26H22O8. The van der Waals surface area contributed by atoms with Gasteiger partial charge >= 0.3 is 0 Å². The minimum Gasteiger partial charge on any atom is -0.496 e. The first-order chi connectivity index (χ1) is 16.5. The molecule has 0 N–H and O–H groups in total. The van der Waals surface area contributed by atoms with E-state index in [2.05, 4.69) is 0 Å². The van der Waals surface area contributed by atoms with Gasteiger partial charge in [0.05, 0.1) is 48.0 Å². The fraction of sp³-hybridized carbons (Fsp3) is 0.231. The average molecular weight is 462 g/mol. The van der Waals surface area contributed by atoms with Gasteiger partial charge in [-0.1, -0.05) is 0 Å². The fourth-order valence-corrected chi connectivity index (χ4v) is 5.07. The van der Waals surface area contributed by atoms with E-state index in [1.807, 2.05) is 0 Å². The Kier molecular flexibility index (Phi) is 4.89. The summed E-state index contributed by atoms with van der Waals surface area (Å²) in [6, 6.07) is 6.68. The van der Waals surface area contributed by atoms with Crippen molar-refractivity contribution in [3.8, 4) is 34.5 Å². The third-order valence-electron chi connectivity index (χ3n) is 6.35. The third-order valence-corrected chi connectivity index (χ3v) is 6.35. The first-order valence-electron chi connectivity index (χ1n) is 10.4. The van der Waals surface area contributed by atoms with Crippen LogP contribution in [0.1, 0.15) is 0 Å². The lowest BCUT2D eigenvalue weighted by molar-refractivity contribution is 0.329. The standard InChI is InChI=1S/C26H22O8/c1-29-14-10-8-11-13(27)9-7-12-15(11)17(14)19-18-16(12)22(30-2)25(33-5)21(28)20(18)24(32-4)26(34-6)23(19)31-3/h7-10H,1-6H3. The number of fused-ring (bicyclic) bond motifs is 2. The lowest BCUT2D eigenvalue weighted by Crippen LogP contribution is -2.12. The molecule has 0 aliphatic rings. The highest BCUT2D eigenvalue weighted by Gasteiger charge is 2.32. The van der Waals surface area contributed by atoms with Crippen LogP contribution < -0.4 is 39.3 Å². The van der Waals surface area contributed by atoms with Crippen LogP contribution >= 0.6 is 0 Å². The summed E-state index contributed by atoms with van der Waals surface area (Å²) in [5.41, 5.74) is -0.569.